The summed E-state index contributed by atoms with van der Waals surface area (Å²) in [5, 5.41) is 5.31. The smallest absolute Gasteiger partial charge is 0.243 e. The molecule has 0 aromatic rings. The molecule has 82 valence electrons. The van der Waals surface area contributed by atoms with E-state index in [-0.39, 0.29) is 17.9 Å². The van der Waals surface area contributed by atoms with E-state index in [2.05, 4.69) is 23.3 Å². The zero-order chi connectivity index (χ0) is 11.1. The van der Waals surface area contributed by atoms with Crippen LogP contribution in [0.4, 0.5) is 0 Å². The maximum absolute atomic E-state index is 11.5. The molecule has 0 rings (SSSR count). The van der Waals surface area contributed by atoms with E-state index in [1.807, 2.05) is 13.8 Å². The Kier molecular flexibility index (Phi) is 6.36. The molecule has 2 N–H and O–H groups in total. The maximum atomic E-state index is 11.5. The zero-order valence-electron chi connectivity index (χ0n) is 8.83. The first kappa shape index (κ1) is 13.3. The topological polar surface area (TPSA) is 58.2 Å². The maximum Gasteiger partial charge on any atom is 0.243 e. The molecule has 0 radical (unpaired) electrons. The molecule has 0 spiro atoms. The van der Waals surface area contributed by atoms with Crippen LogP contribution in [0.3, 0.4) is 0 Å². The van der Waals surface area contributed by atoms with Crippen LogP contribution in [-0.2, 0) is 9.59 Å². The molecule has 0 aliphatic carbocycles. The summed E-state index contributed by atoms with van der Waals surface area (Å²) in [6.45, 7) is 5.28. The molecule has 0 fully saturated rings. The predicted octanol–water partition coefficient (Wildman–Crippen LogP) is 0.336. The van der Waals surface area contributed by atoms with E-state index in [1.54, 1.807) is 0 Å². The summed E-state index contributed by atoms with van der Waals surface area (Å²) < 4.78 is 0. The molecule has 0 aromatic carbocycles. The van der Waals surface area contributed by atoms with Crippen LogP contribution in [-0.4, -0.2) is 29.7 Å². The third-order valence-corrected chi connectivity index (χ3v) is 2.24. The Hall–Kier alpha value is -0.710. The van der Waals surface area contributed by atoms with Crippen LogP contribution >= 0.6 is 12.6 Å². The van der Waals surface area contributed by atoms with Crippen molar-refractivity contribution in [1.29, 1.82) is 0 Å². The van der Waals surface area contributed by atoms with Gasteiger partial charge in [-0.05, 0) is 13.3 Å². The van der Waals surface area contributed by atoms with Crippen molar-refractivity contribution in [2.75, 3.05) is 5.75 Å². The number of hydrogen-bond acceptors (Lipinski definition) is 3. The van der Waals surface area contributed by atoms with E-state index in [0.29, 0.717) is 5.75 Å². The number of thiol groups is 1. The fraction of sp³-hybridized carbons (Fsp3) is 0.778. The summed E-state index contributed by atoms with van der Waals surface area (Å²) in [4.78, 5) is 22.3. The van der Waals surface area contributed by atoms with Crippen molar-refractivity contribution in [3.8, 4) is 0 Å². The van der Waals surface area contributed by atoms with Crippen LogP contribution < -0.4 is 10.6 Å². The molecule has 0 heterocycles. The van der Waals surface area contributed by atoms with E-state index in [1.165, 1.54) is 6.92 Å². The van der Waals surface area contributed by atoms with Crippen molar-refractivity contribution in [1.82, 2.24) is 10.6 Å². The lowest BCUT2D eigenvalue weighted by Crippen LogP contribution is -2.49. The average Bonchev–Trinajstić information content (AvgIpc) is 2.13. The first-order chi connectivity index (χ1) is 6.51. The summed E-state index contributed by atoms with van der Waals surface area (Å²) >= 11 is 4.01. The fourth-order valence-corrected chi connectivity index (χ4v) is 1.14. The number of carbonyl (C=O) groups excluding carboxylic acids is 2. The van der Waals surface area contributed by atoms with Gasteiger partial charge in [-0.15, -0.1) is 0 Å². The quantitative estimate of drug-likeness (QED) is 0.583. The summed E-state index contributed by atoms with van der Waals surface area (Å²) in [5.74, 6) is -0.0881. The lowest BCUT2D eigenvalue weighted by molar-refractivity contribution is -0.127. The molecule has 0 bridgehead atoms. The van der Waals surface area contributed by atoms with Crippen molar-refractivity contribution in [2.45, 2.75) is 39.3 Å². The molecule has 0 saturated carbocycles. The summed E-state index contributed by atoms with van der Waals surface area (Å²) in [5.41, 5.74) is 0. The highest BCUT2D eigenvalue weighted by atomic mass is 32.1. The van der Waals surface area contributed by atoms with Gasteiger partial charge in [0.05, 0.1) is 0 Å². The van der Waals surface area contributed by atoms with Gasteiger partial charge in [0, 0.05) is 18.7 Å². The number of amides is 2. The second-order valence-corrected chi connectivity index (χ2v) is 3.62. The van der Waals surface area contributed by atoms with E-state index in [0.717, 1.165) is 6.42 Å². The van der Waals surface area contributed by atoms with Gasteiger partial charge in [-0.3, -0.25) is 9.59 Å². The van der Waals surface area contributed by atoms with Gasteiger partial charge in [-0.25, -0.2) is 0 Å². The SMILES string of the molecule is CCC(C)NC(=O)C(CS)NC(C)=O. The standard InChI is InChI=1S/C9H18N2O2S/c1-4-6(2)10-9(13)8(5-14)11-7(3)12/h6,8,14H,4-5H2,1-3H3,(H,10,13)(H,11,12). The minimum Gasteiger partial charge on any atom is -0.352 e. The fourth-order valence-electron chi connectivity index (χ4n) is 0.885. The van der Waals surface area contributed by atoms with Crippen LogP contribution in [0.5, 0.6) is 0 Å². The number of nitrogens with one attached hydrogen (secondary N) is 2. The largest absolute Gasteiger partial charge is 0.352 e. The van der Waals surface area contributed by atoms with Crippen LogP contribution in [0.2, 0.25) is 0 Å². The monoisotopic (exact) mass is 218 g/mol. The Morgan fingerprint density at radius 1 is 1.36 bits per heavy atom. The molecule has 2 amide bonds. The molecule has 2 unspecified atom stereocenters. The van der Waals surface area contributed by atoms with Crippen molar-refractivity contribution in [3.63, 3.8) is 0 Å². The van der Waals surface area contributed by atoms with Crippen LogP contribution in [0.1, 0.15) is 27.2 Å². The van der Waals surface area contributed by atoms with Gasteiger partial charge in [0.1, 0.15) is 6.04 Å². The number of carbonyl (C=O) groups is 2. The molecule has 2 atom stereocenters. The van der Waals surface area contributed by atoms with Gasteiger partial charge in [-0.1, -0.05) is 6.92 Å². The predicted molar refractivity (Wildman–Crippen MR) is 59.4 cm³/mol. The molecule has 5 heteroatoms. The number of hydrogen-bond donors (Lipinski definition) is 3. The molecule has 0 aliphatic heterocycles. The zero-order valence-corrected chi connectivity index (χ0v) is 9.73. The second-order valence-electron chi connectivity index (χ2n) is 3.25. The Bertz CT molecular complexity index is 209. The van der Waals surface area contributed by atoms with Crippen LogP contribution in [0.15, 0.2) is 0 Å². The highest BCUT2D eigenvalue weighted by Crippen LogP contribution is 1.93. The van der Waals surface area contributed by atoms with E-state index in [4.69, 9.17) is 0 Å². The van der Waals surface area contributed by atoms with Crippen molar-refractivity contribution >= 4 is 24.4 Å². The van der Waals surface area contributed by atoms with Crippen molar-refractivity contribution < 1.29 is 9.59 Å². The van der Waals surface area contributed by atoms with Gasteiger partial charge in [0.2, 0.25) is 11.8 Å². The van der Waals surface area contributed by atoms with Crippen LogP contribution in [0.25, 0.3) is 0 Å². The molecule has 14 heavy (non-hydrogen) atoms. The van der Waals surface area contributed by atoms with Crippen molar-refractivity contribution in [2.24, 2.45) is 0 Å². The Morgan fingerprint density at radius 2 is 1.93 bits per heavy atom. The number of rotatable bonds is 5. The molecule has 0 saturated heterocycles. The highest BCUT2D eigenvalue weighted by Gasteiger charge is 2.18. The van der Waals surface area contributed by atoms with Gasteiger partial charge in [-0.2, -0.15) is 12.6 Å². The lowest BCUT2D eigenvalue weighted by Gasteiger charge is -2.18. The first-order valence-electron chi connectivity index (χ1n) is 4.69. The minimum absolute atomic E-state index is 0.124. The van der Waals surface area contributed by atoms with Crippen molar-refractivity contribution in [3.05, 3.63) is 0 Å². The summed E-state index contributed by atoms with van der Waals surface area (Å²) in [6, 6.07) is -0.413. The van der Waals surface area contributed by atoms with Gasteiger partial charge in [0.25, 0.3) is 0 Å². The summed E-state index contributed by atoms with van der Waals surface area (Å²) in [7, 11) is 0. The van der Waals surface area contributed by atoms with Gasteiger partial charge >= 0.3 is 0 Å². The molecule has 0 aliphatic rings. The normalized spacial score (nSPS) is 14.3. The Morgan fingerprint density at radius 3 is 2.29 bits per heavy atom. The Labute approximate surface area is 90.2 Å². The van der Waals surface area contributed by atoms with Crippen LogP contribution in [0, 0.1) is 0 Å². The Balaban J connectivity index is 4.10. The molecule has 0 aromatic heterocycles. The van der Waals surface area contributed by atoms with E-state index < -0.39 is 6.04 Å². The van der Waals surface area contributed by atoms with E-state index in [9.17, 15) is 9.59 Å². The minimum atomic E-state index is -0.537. The average molecular weight is 218 g/mol. The summed E-state index contributed by atoms with van der Waals surface area (Å²) in [6.07, 6.45) is 0.866. The van der Waals surface area contributed by atoms with E-state index >= 15 is 0 Å². The molecule has 4 nitrogen and oxygen atoms in total. The van der Waals surface area contributed by atoms with Gasteiger partial charge < -0.3 is 10.6 Å². The molecular formula is C9H18N2O2S. The first-order valence-corrected chi connectivity index (χ1v) is 5.32. The highest BCUT2D eigenvalue weighted by molar-refractivity contribution is 7.80. The van der Waals surface area contributed by atoms with Gasteiger partial charge in [0.15, 0.2) is 0 Å². The third-order valence-electron chi connectivity index (χ3n) is 1.88. The molecular weight excluding hydrogens is 200 g/mol. The second kappa shape index (κ2) is 6.70. The third kappa shape index (κ3) is 5.11. The lowest BCUT2D eigenvalue weighted by atomic mass is 10.2.